The van der Waals surface area contributed by atoms with Gasteiger partial charge in [-0.05, 0) is 35.8 Å². The van der Waals surface area contributed by atoms with E-state index >= 15 is 0 Å². The number of rotatable bonds is 2. The van der Waals surface area contributed by atoms with Gasteiger partial charge in [-0.15, -0.1) is 24.0 Å². The molecule has 26 heavy (non-hydrogen) atoms. The maximum Gasteiger partial charge on any atom is 0.242 e. The number of aliphatic imine (C=N–C) groups is 1. The zero-order valence-corrected chi connectivity index (χ0v) is 18.4. The van der Waals surface area contributed by atoms with Crippen LogP contribution in [-0.2, 0) is 17.8 Å². The number of carbonyl (C=O) groups is 1. The third-order valence-electron chi connectivity index (χ3n) is 5.26. The number of amides is 1. The molecule has 5 nitrogen and oxygen atoms in total. The number of halogens is 1. The standard InChI is InChI=1S/C20H30N4O.HI/c1-15-10-16(2)13-24(12-15)20(21-3)22-11-19(25)23-9-8-17-6-4-5-7-18(17)14-23;/h4-7,15-16H,8-14H2,1-3H3,(H,21,22);1H. The molecule has 1 fully saturated rings. The highest BCUT2D eigenvalue weighted by molar-refractivity contribution is 14.0. The number of hydrogen-bond acceptors (Lipinski definition) is 2. The number of benzene rings is 1. The minimum atomic E-state index is 0. The molecule has 1 N–H and O–H groups in total. The molecule has 2 atom stereocenters. The van der Waals surface area contributed by atoms with Gasteiger partial charge in [-0.25, -0.2) is 0 Å². The second-order valence-electron chi connectivity index (χ2n) is 7.59. The highest BCUT2D eigenvalue weighted by atomic mass is 127. The van der Waals surface area contributed by atoms with E-state index in [1.165, 1.54) is 17.5 Å². The second kappa shape index (κ2) is 9.58. The minimum Gasteiger partial charge on any atom is -0.347 e. The number of nitrogens with one attached hydrogen (secondary N) is 1. The molecule has 1 aromatic carbocycles. The summed E-state index contributed by atoms with van der Waals surface area (Å²) in [5.41, 5.74) is 2.64. The number of carbonyl (C=O) groups excluding carboxylic acids is 1. The van der Waals surface area contributed by atoms with Gasteiger partial charge in [0.15, 0.2) is 5.96 Å². The van der Waals surface area contributed by atoms with Crippen molar-refractivity contribution in [1.82, 2.24) is 15.1 Å². The van der Waals surface area contributed by atoms with E-state index in [-0.39, 0.29) is 29.9 Å². The van der Waals surface area contributed by atoms with Gasteiger partial charge in [0.25, 0.3) is 0 Å². The number of hydrogen-bond donors (Lipinski definition) is 1. The van der Waals surface area contributed by atoms with E-state index < -0.39 is 0 Å². The molecule has 0 bridgehead atoms. The smallest absolute Gasteiger partial charge is 0.242 e. The van der Waals surface area contributed by atoms with Gasteiger partial charge >= 0.3 is 0 Å². The Kier molecular flexibility index (Phi) is 7.73. The Morgan fingerprint density at radius 1 is 1.15 bits per heavy atom. The lowest BCUT2D eigenvalue weighted by molar-refractivity contribution is -0.130. The lowest BCUT2D eigenvalue weighted by atomic mass is 9.92. The molecular weight excluding hydrogens is 439 g/mol. The zero-order chi connectivity index (χ0) is 17.8. The summed E-state index contributed by atoms with van der Waals surface area (Å²) in [6, 6.07) is 8.40. The lowest BCUT2D eigenvalue weighted by Crippen LogP contribution is -2.51. The summed E-state index contributed by atoms with van der Waals surface area (Å²) in [5.74, 6) is 2.33. The van der Waals surface area contributed by atoms with E-state index in [1.807, 2.05) is 11.0 Å². The fraction of sp³-hybridized carbons (Fsp3) is 0.600. The molecule has 0 aliphatic carbocycles. The number of piperidine rings is 1. The van der Waals surface area contributed by atoms with Crippen molar-refractivity contribution in [1.29, 1.82) is 0 Å². The van der Waals surface area contributed by atoms with Gasteiger partial charge in [0.05, 0.1) is 6.54 Å². The second-order valence-corrected chi connectivity index (χ2v) is 7.59. The van der Waals surface area contributed by atoms with Gasteiger partial charge in [0, 0.05) is 33.2 Å². The SMILES string of the molecule is CN=C(NCC(=O)N1CCc2ccccc2C1)N1CC(C)CC(C)C1.I. The molecule has 1 amide bonds. The molecule has 2 heterocycles. The molecule has 6 heteroatoms. The van der Waals surface area contributed by atoms with Crippen molar-refractivity contribution in [2.75, 3.05) is 33.2 Å². The lowest BCUT2D eigenvalue weighted by Gasteiger charge is -2.37. The molecule has 0 saturated carbocycles. The van der Waals surface area contributed by atoms with Gasteiger partial charge < -0.3 is 15.1 Å². The van der Waals surface area contributed by atoms with Crippen molar-refractivity contribution in [2.24, 2.45) is 16.8 Å². The highest BCUT2D eigenvalue weighted by Crippen LogP contribution is 2.21. The average molecular weight is 470 g/mol. The van der Waals surface area contributed by atoms with Crippen molar-refractivity contribution in [3.8, 4) is 0 Å². The first kappa shape index (κ1) is 21.0. The van der Waals surface area contributed by atoms with Crippen LogP contribution < -0.4 is 5.32 Å². The highest BCUT2D eigenvalue weighted by Gasteiger charge is 2.25. The molecule has 3 rings (SSSR count). The maximum atomic E-state index is 12.6. The molecule has 2 aliphatic heterocycles. The van der Waals surface area contributed by atoms with Gasteiger partial charge in [-0.3, -0.25) is 9.79 Å². The Labute approximate surface area is 174 Å². The van der Waals surface area contributed by atoms with Crippen LogP contribution >= 0.6 is 24.0 Å². The molecule has 0 aromatic heterocycles. The Hall–Kier alpha value is -1.31. The van der Waals surface area contributed by atoms with E-state index in [4.69, 9.17) is 0 Å². The predicted molar refractivity (Wildman–Crippen MR) is 117 cm³/mol. The van der Waals surface area contributed by atoms with Crippen LogP contribution in [0.25, 0.3) is 0 Å². The number of fused-ring (bicyclic) bond motifs is 1. The van der Waals surface area contributed by atoms with Crippen LogP contribution in [0.1, 0.15) is 31.4 Å². The first-order valence-corrected chi connectivity index (χ1v) is 9.37. The van der Waals surface area contributed by atoms with Crippen LogP contribution in [0.2, 0.25) is 0 Å². The molecule has 0 spiro atoms. The van der Waals surface area contributed by atoms with Crippen LogP contribution in [0.15, 0.2) is 29.3 Å². The van der Waals surface area contributed by atoms with Gasteiger partial charge in [0.2, 0.25) is 5.91 Å². The molecular formula is C20H31IN4O. The topological polar surface area (TPSA) is 47.9 Å². The van der Waals surface area contributed by atoms with Gasteiger partial charge in [-0.1, -0.05) is 38.1 Å². The number of guanidine groups is 1. The third kappa shape index (κ3) is 5.11. The summed E-state index contributed by atoms with van der Waals surface area (Å²) < 4.78 is 0. The summed E-state index contributed by atoms with van der Waals surface area (Å²) in [6.45, 7) is 8.41. The largest absolute Gasteiger partial charge is 0.347 e. The number of nitrogens with zero attached hydrogens (tertiary/aromatic N) is 3. The first-order valence-electron chi connectivity index (χ1n) is 9.37. The van der Waals surface area contributed by atoms with E-state index in [1.54, 1.807) is 7.05 Å². The van der Waals surface area contributed by atoms with E-state index in [2.05, 4.69) is 47.3 Å². The monoisotopic (exact) mass is 470 g/mol. The molecule has 1 saturated heterocycles. The van der Waals surface area contributed by atoms with Crippen molar-refractivity contribution >= 4 is 35.8 Å². The molecule has 2 aliphatic rings. The molecule has 1 aromatic rings. The van der Waals surface area contributed by atoms with Gasteiger partial charge in [0.1, 0.15) is 0 Å². The van der Waals surface area contributed by atoms with Gasteiger partial charge in [-0.2, -0.15) is 0 Å². The van der Waals surface area contributed by atoms with Crippen molar-refractivity contribution in [3.05, 3.63) is 35.4 Å². The van der Waals surface area contributed by atoms with Crippen molar-refractivity contribution < 1.29 is 4.79 Å². The average Bonchev–Trinajstić information content (AvgIpc) is 2.61. The molecule has 0 radical (unpaired) electrons. The Morgan fingerprint density at radius 3 is 2.46 bits per heavy atom. The normalized spacial score (nSPS) is 23.1. The maximum absolute atomic E-state index is 12.6. The van der Waals surface area contributed by atoms with Crippen LogP contribution in [0, 0.1) is 11.8 Å². The summed E-state index contributed by atoms with van der Waals surface area (Å²) in [4.78, 5) is 21.3. The van der Waals surface area contributed by atoms with E-state index in [0.717, 1.165) is 32.0 Å². The summed E-state index contributed by atoms with van der Waals surface area (Å²) in [6.07, 6.45) is 2.21. The quantitative estimate of drug-likeness (QED) is 0.411. The first-order chi connectivity index (χ1) is 12.1. The predicted octanol–water partition coefficient (Wildman–Crippen LogP) is 2.74. The summed E-state index contributed by atoms with van der Waals surface area (Å²) in [5, 5.41) is 3.29. The fourth-order valence-corrected chi connectivity index (χ4v) is 4.14. The Morgan fingerprint density at radius 2 is 1.81 bits per heavy atom. The molecule has 144 valence electrons. The number of likely N-dealkylation sites (tertiary alicyclic amines) is 1. The van der Waals surface area contributed by atoms with Crippen LogP contribution in [0.3, 0.4) is 0 Å². The Bertz CT molecular complexity index is 638. The fourth-order valence-electron chi connectivity index (χ4n) is 4.14. The van der Waals surface area contributed by atoms with Crippen LogP contribution in [0.5, 0.6) is 0 Å². The Balaban J connectivity index is 0.00000243. The van der Waals surface area contributed by atoms with Crippen LogP contribution in [0.4, 0.5) is 0 Å². The summed E-state index contributed by atoms with van der Waals surface area (Å²) in [7, 11) is 1.80. The van der Waals surface area contributed by atoms with E-state index in [0.29, 0.717) is 24.9 Å². The third-order valence-corrected chi connectivity index (χ3v) is 5.26. The zero-order valence-electron chi connectivity index (χ0n) is 16.1. The van der Waals surface area contributed by atoms with Crippen molar-refractivity contribution in [3.63, 3.8) is 0 Å². The van der Waals surface area contributed by atoms with E-state index in [9.17, 15) is 4.79 Å². The molecule has 2 unspecified atom stereocenters. The summed E-state index contributed by atoms with van der Waals surface area (Å²) >= 11 is 0. The van der Waals surface area contributed by atoms with Crippen molar-refractivity contribution in [2.45, 2.75) is 33.2 Å². The minimum absolute atomic E-state index is 0. The van der Waals surface area contributed by atoms with Crippen LogP contribution in [-0.4, -0.2) is 54.9 Å².